The number of rotatable bonds is 11. The van der Waals surface area contributed by atoms with Crippen LogP contribution in [0.25, 0.3) is 22.0 Å². The van der Waals surface area contributed by atoms with Gasteiger partial charge < -0.3 is 24.6 Å². The molecule has 0 aliphatic heterocycles. The molecule has 0 amide bonds. The van der Waals surface area contributed by atoms with Gasteiger partial charge in [0.1, 0.15) is 22.2 Å². The number of hydrogen-bond donors (Lipinski definition) is 3. The average Bonchev–Trinajstić information content (AvgIpc) is 3.84. The van der Waals surface area contributed by atoms with E-state index in [9.17, 15) is 22.7 Å². The summed E-state index contributed by atoms with van der Waals surface area (Å²) in [7, 11) is -1.11. The topological polar surface area (TPSA) is 162 Å². The number of anilines is 2. The zero-order valence-corrected chi connectivity index (χ0v) is 24.8. The number of pyridine rings is 1. The maximum Gasteiger partial charge on any atom is 0.335 e. The number of nitrogens with one attached hydrogen (secondary N) is 2. The molecule has 1 aliphatic rings. The van der Waals surface area contributed by atoms with Crippen LogP contribution in [0, 0.1) is 5.82 Å². The number of fused-ring (bicyclic) bond motifs is 1. The number of hydrogen-bond acceptors (Lipinski definition) is 10. The van der Waals surface area contributed by atoms with Gasteiger partial charge in [0, 0.05) is 35.6 Å². The van der Waals surface area contributed by atoms with Crippen molar-refractivity contribution in [1.82, 2.24) is 19.7 Å². The third kappa shape index (κ3) is 6.46. The summed E-state index contributed by atoms with van der Waals surface area (Å²) >= 11 is 0. The fourth-order valence-electron chi connectivity index (χ4n) is 4.60. The van der Waals surface area contributed by atoms with E-state index in [0.717, 1.165) is 12.8 Å². The lowest BCUT2D eigenvalue weighted by Crippen LogP contribution is -2.26. The van der Waals surface area contributed by atoms with Crippen LogP contribution in [0.4, 0.5) is 15.8 Å². The van der Waals surface area contributed by atoms with E-state index < -0.39 is 21.8 Å². The van der Waals surface area contributed by atoms with Crippen molar-refractivity contribution in [3.63, 3.8) is 0 Å². The van der Waals surface area contributed by atoms with Crippen molar-refractivity contribution in [3.05, 3.63) is 84.4 Å². The standard InChI is InChI=1S/C31H26FN5O7S/c1-42-29-25(15-34-31(36-29)43-2)17-3-10-24-26(13-17)33-16-27(45(40,41)37-20-6-7-20)28(24)35-21-11-18(30(38)39)12-23(14-21)44-22-8-4-19(32)5-9-22/h3-5,8-16,20,37H,6-7H2,1-2H3,(H,33,35)(H,38,39). The highest BCUT2D eigenvalue weighted by molar-refractivity contribution is 7.89. The normalized spacial score (nSPS) is 13.0. The number of nitrogens with zero attached hydrogens (tertiary/aromatic N) is 3. The predicted octanol–water partition coefficient (Wildman–Crippen LogP) is 5.52. The summed E-state index contributed by atoms with van der Waals surface area (Å²) in [6.07, 6.45) is 4.24. The van der Waals surface area contributed by atoms with E-state index in [1.807, 2.05) is 0 Å². The SMILES string of the molecule is COc1ncc(-c2ccc3c(Nc4cc(Oc5ccc(F)cc5)cc(C(=O)O)c4)c(S(=O)(=O)NC4CC4)cnc3c2)c(OC)n1. The molecule has 0 radical (unpaired) electrons. The Bertz CT molecular complexity index is 2040. The van der Waals surface area contributed by atoms with Crippen LogP contribution in [0.2, 0.25) is 0 Å². The van der Waals surface area contributed by atoms with Crippen LogP contribution < -0.4 is 24.2 Å². The Labute approximate surface area is 256 Å². The minimum Gasteiger partial charge on any atom is -0.480 e. The van der Waals surface area contributed by atoms with Crippen molar-refractivity contribution in [2.45, 2.75) is 23.8 Å². The molecule has 0 bridgehead atoms. The van der Waals surface area contributed by atoms with Crippen LogP contribution in [0.3, 0.4) is 0 Å². The van der Waals surface area contributed by atoms with Crippen molar-refractivity contribution in [2.75, 3.05) is 19.5 Å². The van der Waals surface area contributed by atoms with Gasteiger partial charge >= 0.3 is 12.0 Å². The van der Waals surface area contributed by atoms with Crippen LogP contribution in [0.5, 0.6) is 23.4 Å². The zero-order valence-electron chi connectivity index (χ0n) is 23.9. The van der Waals surface area contributed by atoms with Gasteiger partial charge in [-0.15, -0.1) is 0 Å². The molecular formula is C31H26FN5O7S. The molecule has 3 aromatic carbocycles. The fraction of sp³-hybridized carbons (Fsp3) is 0.161. The largest absolute Gasteiger partial charge is 0.480 e. The van der Waals surface area contributed by atoms with Crippen molar-refractivity contribution < 1.29 is 36.9 Å². The van der Waals surface area contributed by atoms with Gasteiger partial charge in [0.25, 0.3) is 0 Å². The van der Waals surface area contributed by atoms with Crippen molar-refractivity contribution in [1.29, 1.82) is 0 Å². The molecular weight excluding hydrogens is 605 g/mol. The molecule has 2 aromatic heterocycles. The van der Waals surface area contributed by atoms with Crippen molar-refractivity contribution in [2.24, 2.45) is 0 Å². The molecule has 230 valence electrons. The lowest BCUT2D eigenvalue weighted by Gasteiger charge is -2.17. The van der Waals surface area contributed by atoms with E-state index in [-0.39, 0.29) is 51.3 Å². The van der Waals surface area contributed by atoms with Crippen molar-refractivity contribution >= 4 is 38.3 Å². The number of aromatic carboxylic acids is 1. The summed E-state index contributed by atoms with van der Waals surface area (Å²) in [5.74, 6) is -1.00. The van der Waals surface area contributed by atoms with E-state index >= 15 is 0 Å². The second-order valence-electron chi connectivity index (χ2n) is 10.1. The Morgan fingerprint density at radius 2 is 1.73 bits per heavy atom. The highest BCUT2D eigenvalue weighted by atomic mass is 32.2. The Morgan fingerprint density at radius 3 is 2.42 bits per heavy atom. The molecule has 2 heterocycles. The van der Waals surface area contributed by atoms with Crippen LogP contribution in [0.15, 0.2) is 78.0 Å². The molecule has 12 nitrogen and oxygen atoms in total. The number of ether oxygens (including phenoxy) is 3. The third-order valence-electron chi connectivity index (χ3n) is 6.91. The quantitative estimate of drug-likeness (QED) is 0.168. The zero-order chi connectivity index (χ0) is 31.7. The van der Waals surface area contributed by atoms with Gasteiger partial charge in [-0.05, 0) is 60.9 Å². The second kappa shape index (κ2) is 12.0. The molecule has 1 aliphatic carbocycles. The van der Waals surface area contributed by atoms with Crippen LogP contribution in [-0.4, -0.2) is 54.7 Å². The Balaban J connectivity index is 1.46. The van der Waals surface area contributed by atoms with Crippen LogP contribution in [-0.2, 0) is 10.0 Å². The van der Waals surface area contributed by atoms with E-state index in [1.54, 1.807) is 24.4 Å². The number of sulfonamides is 1. The number of benzene rings is 3. The third-order valence-corrected chi connectivity index (χ3v) is 8.45. The van der Waals surface area contributed by atoms with Gasteiger partial charge in [-0.25, -0.2) is 27.3 Å². The number of halogens is 1. The first-order valence-electron chi connectivity index (χ1n) is 13.6. The molecule has 0 saturated heterocycles. The fourth-order valence-corrected chi connectivity index (χ4v) is 6.02. The van der Waals surface area contributed by atoms with E-state index in [1.165, 1.54) is 62.9 Å². The second-order valence-corrected chi connectivity index (χ2v) is 11.8. The summed E-state index contributed by atoms with van der Waals surface area (Å²) in [5, 5.41) is 13.4. The molecule has 1 saturated carbocycles. The maximum absolute atomic E-state index is 13.5. The molecule has 0 atom stereocenters. The first kappa shape index (κ1) is 29.7. The number of methoxy groups -OCH3 is 2. The summed E-state index contributed by atoms with van der Waals surface area (Å²) in [4.78, 5) is 24.7. The monoisotopic (exact) mass is 631 g/mol. The minimum absolute atomic E-state index is 0.120. The maximum atomic E-state index is 13.5. The van der Waals surface area contributed by atoms with Gasteiger partial charge in [-0.2, -0.15) is 4.98 Å². The molecule has 3 N–H and O–H groups in total. The van der Waals surface area contributed by atoms with Gasteiger partial charge in [0.05, 0.1) is 36.6 Å². The molecule has 0 unspecified atom stereocenters. The van der Waals surface area contributed by atoms with Crippen LogP contribution >= 0.6 is 0 Å². The van der Waals surface area contributed by atoms with Gasteiger partial charge in [-0.3, -0.25) is 4.98 Å². The van der Waals surface area contributed by atoms with E-state index in [4.69, 9.17) is 14.2 Å². The number of aromatic nitrogens is 3. The van der Waals surface area contributed by atoms with E-state index in [0.29, 0.717) is 22.0 Å². The van der Waals surface area contributed by atoms with E-state index in [2.05, 4.69) is 25.0 Å². The number of carbonyl (C=O) groups is 1. The first-order valence-corrected chi connectivity index (χ1v) is 15.1. The number of carboxylic acids is 1. The van der Waals surface area contributed by atoms with Crippen molar-refractivity contribution in [3.8, 4) is 34.5 Å². The highest BCUT2D eigenvalue weighted by Crippen LogP contribution is 2.38. The molecule has 6 rings (SSSR count). The molecule has 5 aromatic rings. The predicted molar refractivity (Wildman–Crippen MR) is 162 cm³/mol. The molecule has 14 heteroatoms. The molecule has 1 fully saturated rings. The Morgan fingerprint density at radius 1 is 0.956 bits per heavy atom. The Hall–Kier alpha value is -5.34. The first-order chi connectivity index (χ1) is 21.6. The van der Waals surface area contributed by atoms with Gasteiger partial charge in [-0.1, -0.05) is 12.1 Å². The summed E-state index contributed by atoms with van der Waals surface area (Å²) in [5.41, 5.74) is 1.92. The molecule has 0 spiro atoms. The minimum atomic E-state index is -4.02. The lowest BCUT2D eigenvalue weighted by atomic mass is 10.0. The Kier molecular flexibility index (Phi) is 7.91. The van der Waals surface area contributed by atoms with Gasteiger partial charge in [0.15, 0.2) is 0 Å². The number of carboxylic acid groups (broad SMARTS) is 1. The van der Waals surface area contributed by atoms with Gasteiger partial charge in [0.2, 0.25) is 15.9 Å². The highest BCUT2D eigenvalue weighted by Gasteiger charge is 2.31. The molecule has 45 heavy (non-hydrogen) atoms. The van der Waals surface area contributed by atoms with Crippen LogP contribution in [0.1, 0.15) is 23.2 Å². The average molecular weight is 632 g/mol. The summed E-state index contributed by atoms with van der Waals surface area (Å²) < 4.78 is 59.4. The lowest BCUT2D eigenvalue weighted by molar-refractivity contribution is 0.0696. The smallest absolute Gasteiger partial charge is 0.335 e. The summed E-state index contributed by atoms with van der Waals surface area (Å²) in [6.45, 7) is 0. The summed E-state index contributed by atoms with van der Waals surface area (Å²) in [6, 6.07) is 14.5.